The highest BCUT2D eigenvalue weighted by Gasteiger charge is 2.50. The Hall–Kier alpha value is -4.40. The predicted molar refractivity (Wildman–Crippen MR) is 425 cm³/mol. The first kappa shape index (κ1) is 82.6. The van der Waals surface area contributed by atoms with Crippen LogP contribution in [-0.2, 0) is 85.2 Å². The minimum atomic E-state index is -0.649. The normalized spacial score (nSPS) is 27.8. The molecule has 592 valence electrons. The van der Waals surface area contributed by atoms with Crippen molar-refractivity contribution in [1.29, 1.82) is 0 Å². The molecule has 4 aromatic carbocycles. The number of benzene rings is 4. The van der Waals surface area contributed by atoms with Crippen molar-refractivity contribution in [2.45, 2.75) is 235 Å². The van der Waals surface area contributed by atoms with Crippen molar-refractivity contribution >= 4 is 0 Å². The molecule has 0 unspecified atom stereocenters. The molecule has 0 radical (unpaired) electrons. The molecule has 0 heterocycles. The third-order valence-corrected chi connectivity index (χ3v) is 26.6. The van der Waals surface area contributed by atoms with Gasteiger partial charge in [0.1, 0.15) is 23.0 Å². The lowest BCUT2D eigenvalue weighted by atomic mass is 9.59. The van der Waals surface area contributed by atoms with Gasteiger partial charge in [0.2, 0.25) is 0 Å². The van der Waals surface area contributed by atoms with Gasteiger partial charge in [-0.2, -0.15) is 0 Å². The van der Waals surface area contributed by atoms with Crippen LogP contribution in [0.3, 0.4) is 0 Å². The Balaban J connectivity index is 0.719. The molecule has 3 saturated carbocycles. The van der Waals surface area contributed by atoms with Crippen LogP contribution in [-0.4, -0.2) is 184 Å². The van der Waals surface area contributed by atoms with Gasteiger partial charge in [0.15, 0.2) is 0 Å². The average Bonchev–Trinajstić information content (AvgIpc) is 0.765. The second kappa shape index (κ2) is 40.7. The summed E-state index contributed by atoms with van der Waals surface area (Å²) in [7, 11) is 7.12. The summed E-state index contributed by atoms with van der Waals surface area (Å²) < 4.78 is 75.6. The number of rotatable bonds is 44. The van der Waals surface area contributed by atoms with E-state index in [1.165, 1.54) is 147 Å². The number of ether oxygens (including phenoxy) is 12. The molecule has 6 bridgehead atoms. The zero-order valence-corrected chi connectivity index (χ0v) is 67.4. The summed E-state index contributed by atoms with van der Waals surface area (Å²) in [4.78, 5) is 0. The van der Waals surface area contributed by atoms with E-state index in [4.69, 9.17) is 56.8 Å². The molecule has 12 atom stereocenters. The first-order valence-corrected chi connectivity index (χ1v) is 42.0. The Morgan fingerprint density at radius 1 is 0.349 bits per heavy atom. The summed E-state index contributed by atoms with van der Waals surface area (Å²) in [6.45, 7) is 25.1. The van der Waals surface area contributed by atoms with Gasteiger partial charge in [0.05, 0.1) is 140 Å². The minimum absolute atomic E-state index is 0.0223. The smallest absolute Gasteiger partial charge is 0.119 e. The van der Waals surface area contributed by atoms with E-state index in [0.717, 1.165) is 94.1 Å². The predicted octanol–water partition coefficient (Wildman–Crippen LogP) is 15.0. The Morgan fingerprint density at radius 3 is 0.981 bits per heavy atom. The van der Waals surface area contributed by atoms with E-state index >= 15 is 0 Å². The van der Waals surface area contributed by atoms with Gasteiger partial charge in [0.25, 0.3) is 0 Å². The van der Waals surface area contributed by atoms with Gasteiger partial charge < -0.3 is 78.1 Å². The van der Waals surface area contributed by atoms with Gasteiger partial charge >= 0.3 is 0 Å². The highest BCUT2D eigenvalue weighted by atomic mass is 16.6. The molecule has 0 saturated heterocycles. The Kier molecular flexibility index (Phi) is 31.7. The fourth-order valence-electron chi connectivity index (χ4n) is 21.3. The van der Waals surface area contributed by atoms with E-state index in [1.54, 1.807) is 28.4 Å². The van der Waals surface area contributed by atoms with Crippen molar-refractivity contribution in [3.05, 3.63) is 117 Å². The molecular formula is C90H140N4O12. The van der Waals surface area contributed by atoms with Gasteiger partial charge in [-0.05, 0) is 194 Å². The summed E-state index contributed by atoms with van der Waals surface area (Å²) in [5, 5.41) is 16.2. The van der Waals surface area contributed by atoms with Gasteiger partial charge in [-0.25, -0.2) is 0 Å². The lowest BCUT2D eigenvalue weighted by Crippen LogP contribution is -2.56. The van der Waals surface area contributed by atoms with Crippen LogP contribution in [0.4, 0.5) is 0 Å². The molecule has 0 aromatic heterocycles. The number of hydrogen-bond donors (Lipinski definition) is 4. The van der Waals surface area contributed by atoms with Crippen molar-refractivity contribution in [2.24, 2.45) is 29.1 Å². The number of hydrogen-bond acceptors (Lipinski definition) is 16. The third-order valence-electron chi connectivity index (χ3n) is 26.6. The zero-order valence-electron chi connectivity index (χ0n) is 67.4. The topological polar surface area (TPSA) is 159 Å². The zero-order chi connectivity index (χ0) is 74.3. The molecule has 4 aromatic rings. The second-order valence-electron chi connectivity index (χ2n) is 33.8. The van der Waals surface area contributed by atoms with Gasteiger partial charge in [-0.1, -0.05) is 136 Å². The maximum Gasteiger partial charge on any atom is 0.119 e. The lowest BCUT2D eigenvalue weighted by Gasteiger charge is -2.49. The number of methoxy groups -OCH3 is 4. The van der Waals surface area contributed by atoms with Crippen LogP contribution in [0.15, 0.2) is 72.8 Å². The highest BCUT2D eigenvalue weighted by Crippen LogP contribution is 2.52. The first-order valence-electron chi connectivity index (χ1n) is 42.0. The molecule has 16 heteroatoms. The molecule has 4 N–H and O–H groups in total. The van der Waals surface area contributed by atoms with Crippen molar-refractivity contribution in [3.8, 4) is 23.0 Å². The first-order chi connectivity index (χ1) is 51.7. The summed E-state index contributed by atoms with van der Waals surface area (Å²) in [5.74, 6) is 6.07. The average molecular weight is 1470 g/mol. The molecule has 16 nitrogen and oxygen atoms in total. The van der Waals surface area contributed by atoms with Crippen LogP contribution in [0.2, 0.25) is 0 Å². The van der Waals surface area contributed by atoms with Crippen LogP contribution in [0.5, 0.6) is 23.0 Å². The van der Waals surface area contributed by atoms with Gasteiger partial charge in [-0.3, -0.25) is 0 Å². The van der Waals surface area contributed by atoms with Crippen molar-refractivity contribution in [2.75, 3.05) is 160 Å². The van der Waals surface area contributed by atoms with E-state index in [2.05, 4.69) is 136 Å². The molecule has 0 spiro atoms. The largest absolute Gasteiger partial charge is 0.497 e. The standard InChI is InChI=1S/C90H140N4O12/c1-11-22-70-54-66-26-30-74(95-7)58-78(66)86(3,34-12-2)82(70)91-38-42-99-46-50-103-62-90(63-104-51-47-100-43-39-92-83-71-23-16-13-19-35-87(83,4)79-59-75(96-8)31-27-67(79)55-71,64-105-52-48-101-44-40-93-84-72-24-17-14-20-36-88(84,5)80-60-76(97-9)32-28-68(80)56-72)65-106-53-49-102-45-41-94-85-73-25-18-15-21-37-89(85,6)81-61-77(98-10)33-29-69(81)57-73/h26-33,58-61,70-73,82-85,91-94H,11-25,34-57,62-65H2,1-10H3/t70-,71-,72-,73-,82-,83-,84-,85-,86+,87+,88+,89+/m0/s1. The van der Waals surface area contributed by atoms with Crippen LogP contribution < -0.4 is 40.2 Å². The third kappa shape index (κ3) is 20.5. The maximum atomic E-state index is 6.71. The Labute approximate surface area is 639 Å². The summed E-state index contributed by atoms with van der Waals surface area (Å²) in [6, 6.07) is 28.5. The second-order valence-corrected chi connectivity index (χ2v) is 33.8. The Morgan fingerprint density at radius 2 is 0.660 bits per heavy atom. The van der Waals surface area contributed by atoms with E-state index < -0.39 is 5.41 Å². The van der Waals surface area contributed by atoms with Crippen molar-refractivity contribution in [1.82, 2.24) is 21.3 Å². The molecule has 3 fully saturated rings. The van der Waals surface area contributed by atoms with Crippen LogP contribution in [0.1, 0.15) is 208 Å². The fourth-order valence-corrected chi connectivity index (χ4v) is 21.3. The molecule has 7 aliphatic carbocycles. The van der Waals surface area contributed by atoms with Gasteiger partial charge in [0, 0.05) is 72.0 Å². The molecule has 0 amide bonds. The highest BCUT2D eigenvalue weighted by molar-refractivity contribution is 5.48. The lowest BCUT2D eigenvalue weighted by molar-refractivity contribution is -0.121. The molecule has 11 rings (SSSR count). The number of nitrogens with one attached hydrogen (secondary N) is 4. The number of fused-ring (bicyclic) bond motifs is 13. The summed E-state index contributed by atoms with van der Waals surface area (Å²) in [6.07, 6.45) is 27.7. The summed E-state index contributed by atoms with van der Waals surface area (Å²) >= 11 is 0. The van der Waals surface area contributed by atoms with Gasteiger partial charge in [-0.15, -0.1) is 0 Å². The van der Waals surface area contributed by atoms with E-state index in [1.807, 2.05) is 0 Å². The van der Waals surface area contributed by atoms with E-state index in [0.29, 0.717) is 154 Å². The SMILES string of the molecule is CCC[C@H]1Cc2ccc(OC)cc2[C@@](C)(CCC)[C@H]1NCCOCCOCC(COCCOCCN[C@H]1[C@H]2CCCCC[C@]1(C)c1cc(OC)ccc1C2)(COCCOCCN[C@H]1[C@H]2CCCCC[C@]1(C)c1cc(OC)ccc1C2)COCCOCCN[C@H]1[C@H]2CCCCC[C@]1(C)c1cc(OC)ccc1C2. The van der Waals surface area contributed by atoms with Crippen LogP contribution in [0, 0.1) is 29.1 Å². The molecular weight excluding hydrogens is 1330 g/mol. The molecule has 106 heavy (non-hydrogen) atoms. The Bertz CT molecular complexity index is 3030. The van der Waals surface area contributed by atoms with Crippen molar-refractivity contribution < 1.29 is 56.8 Å². The monoisotopic (exact) mass is 1470 g/mol. The van der Waals surface area contributed by atoms with Crippen LogP contribution in [0.25, 0.3) is 0 Å². The quantitative estimate of drug-likeness (QED) is 0.0310. The van der Waals surface area contributed by atoms with Crippen LogP contribution >= 0.6 is 0 Å². The van der Waals surface area contributed by atoms with E-state index in [9.17, 15) is 0 Å². The van der Waals surface area contributed by atoms with E-state index in [-0.39, 0.29) is 21.7 Å². The van der Waals surface area contributed by atoms with Crippen molar-refractivity contribution in [3.63, 3.8) is 0 Å². The fraction of sp³-hybridized carbons (Fsp3) is 0.733. The molecule has 0 aliphatic heterocycles. The summed E-state index contributed by atoms with van der Waals surface area (Å²) in [5.41, 5.74) is 11.1. The maximum absolute atomic E-state index is 6.71. The minimum Gasteiger partial charge on any atom is -0.497 e. The molecule has 7 aliphatic rings.